The molecule has 2 heterocycles. The molecule has 1 fully saturated rings. The lowest BCUT2D eigenvalue weighted by Crippen LogP contribution is -2.51. The summed E-state index contributed by atoms with van der Waals surface area (Å²) in [5, 5.41) is 13.4. The molecule has 0 atom stereocenters. The highest BCUT2D eigenvalue weighted by Crippen LogP contribution is 2.23. The van der Waals surface area contributed by atoms with Crippen LogP contribution in [-0.4, -0.2) is 73.8 Å². The summed E-state index contributed by atoms with van der Waals surface area (Å²) in [4.78, 5) is 36.2. The molecule has 0 radical (unpaired) electrons. The van der Waals surface area contributed by atoms with Crippen molar-refractivity contribution in [1.82, 2.24) is 9.21 Å². The second-order valence-electron chi connectivity index (χ2n) is 6.75. The van der Waals surface area contributed by atoms with Gasteiger partial charge in [-0.25, -0.2) is 13.2 Å². The van der Waals surface area contributed by atoms with Crippen LogP contribution in [0, 0.1) is 10.1 Å². The molecule has 0 aliphatic carbocycles. The lowest BCUT2D eigenvalue weighted by atomic mass is 10.2. The van der Waals surface area contributed by atoms with E-state index in [2.05, 4.69) is 5.32 Å². The van der Waals surface area contributed by atoms with Crippen molar-refractivity contribution in [3.05, 3.63) is 52.3 Å². The van der Waals surface area contributed by atoms with Crippen LogP contribution >= 0.6 is 0 Å². The fraction of sp³-hybridized carbons (Fsp3) is 0.368. The standard InChI is InChI=1S/C19H22N4O8S/c1-2-30-19(25)16-7-8-18(31-16)32(28,29)22-11-9-21(10-12-22)17(24)13-20-14-5-3-4-6-15(14)23(26)27/h3-8,20H,2,9-13H2,1H3. The van der Waals surface area contributed by atoms with Crippen LogP contribution in [0.3, 0.4) is 0 Å². The van der Waals surface area contributed by atoms with Crippen LogP contribution in [0.25, 0.3) is 0 Å². The highest BCUT2D eigenvalue weighted by molar-refractivity contribution is 7.89. The van der Waals surface area contributed by atoms with Crippen LogP contribution < -0.4 is 5.32 Å². The Hall–Kier alpha value is -3.45. The van der Waals surface area contributed by atoms with Crippen molar-refractivity contribution in [2.45, 2.75) is 12.0 Å². The van der Waals surface area contributed by atoms with E-state index in [4.69, 9.17) is 9.15 Å². The number of piperazine rings is 1. The molecule has 32 heavy (non-hydrogen) atoms. The van der Waals surface area contributed by atoms with Gasteiger partial charge < -0.3 is 19.4 Å². The summed E-state index contributed by atoms with van der Waals surface area (Å²) in [7, 11) is -3.98. The molecule has 13 heteroatoms. The van der Waals surface area contributed by atoms with Gasteiger partial charge in [-0.1, -0.05) is 12.1 Å². The predicted octanol–water partition coefficient (Wildman–Crippen LogP) is 1.31. The van der Waals surface area contributed by atoms with E-state index in [1.807, 2.05) is 0 Å². The Balaban J connectivity index is 1.57. The number of nitrogens with one attached hydrogen (secondary N) is 1. The van der Waals surface area contributed by atoms with E-state index in [9.17, 15) is 28.1 Å². The van der Waals surface area contributed by atoms with Crippen molar-refractivity contribution < 1.29 is 32.1 Å². The lowest BCUT2D eigenvalue weighted by molar-refractivity contribution is -0.383. The number of hydrogen-bond acceptors (Lipinski definition) is 9. The van der Waals surface area contributed by atoms with Gasteiger partial charge in [-0.3, -0.25) is 14.9 Å². The van der Waals surface area contributed by atoms with Gasteiger partial charge in [0.15, 0.2) is 0 Å². The molecule has 0 bridgehead atoms. The number of rotatable bonds is 8. The zero-order valence-corrected chi connectivity index (χ0v) is 18.0. The number of benzene rings is 1. The summed E-state index contributed by atoms with van der Waals surface area (Å²) in [6.45, 7) is 1.94. The number of sulfonamides is 1. The Bertz CT molecular complexity index is 1110. The fourth-order valence-corrected chi connectivity index (χ4v) is 4.47. The molecule has 2 aromatic rings. The van der Waals surface area contributed by atoms with Gasteiger partial charge in [0.25, 0.3) is 15.7 Å². The van der Waals surface area contributed by atoms with E-state index in [1.165, 1.54) is 39.5 Å². The number of anilines is 1. The number of ether oxygens (including phenoxy) is 1. The molecule has 0 spiro atoms. The maximum Gasteiger partial charge on any atom is 0.374 e. The topological polar surface area (TPSA) is 152 Å². The van der Waals surface area contributed by atoms with Crippen LogP contribution in [0.5, 0.6) is 0 Å². The molecule has 1 saturated heterocycles. The third-order valence-electron chi connectivity index (χ3n) is 4.77. The Kier molecular flexibility index (Phi) is 7.10. The Morgan fingerprint density at radius 1 is 1.16 bits per heavy atom. The smallest absolute Gasteiger partial charge is 0.374 e. The summed E-state index contributed by atoms with van der Waals surface area (Å²) >= 11 is 0. The molecule has 1 aromatic carbocycles. The Labute approximate surface area is 183 Å². The number of carbonyl (C=O) groups excluding carboxylic acids is 2. The number of esters is 1. The number of carbonyl (C=O) groups is 2. The van der Waals surface area contributed by atoms with Crippen molar-refractivity contribution in [3.8, 4) is 0 Å². The van der Waals surface area contributed by atoms with Gasteiger partial charge in [0, 0.05) is 32.2 Å². The van der Waals surface area contributed by atoms with Crippen molar-refractivity contribution in [3.63, 3.8) is 0 Å². The first kappa shape index (κ1) is 23.2. The number of nitro benzene ring substituents is 1. The minimum Gasteiger partial charge on any atom is -0.460 e. The van der Waals surface area contributed by atoms with Crippen LogP contribution in [0.1, 0.15) is 17.5 Å². The molecule has 1 aromatic heterocycles. The number of furan rings is 1. The molecule has 0 unspecified atom stereocenters. The van der Waals surface area contributed by atoms with E-state index in [0.29, 0.717) is 0 Å². The van der Waals surface area contributed by atoms with Crippen molar-refractivity contribution in [2.75, 3.05) is 44.6 Å². The van der Waals surface area contributed by atoms with Crippen molar-refractivity contribution >= 4 is 33.3 Å². The quantitative estimate of drug-likeness (QED) is 0.345. The Morgan fingerprint density at radius 2 is 1.84 bits per heavy atom. The molecule has 1 N–H and O–H groups in total. The van der Waals surface area contributed by atoms with Crippen LogP contribution in [0.15, 0.2) is 45.9 Å². The Morgan fingerprint density at radius 3 is 2.50 bits per heavy atom. The second-order valence-corrected chi connectivity index (χ2v) is 8.62. The maximum absolute atomic E-state index is 12.8. The zero-order chi connectivity index (χ0) is 23.3. The first-order valence-corrected chi connectivity index (χ1v) is 11.2. The van der Waals surface area contributed by atoms with Crippen molar-refractivity contribution in [2.24, 2.45) is 0 Å². The predicted molar refractivity (Wildman–Crippen MR) is 112 cm³/mol. The van der Waals surface area contributed by atoms with E-state index in [-0.39, 0.29) is 67.5 Å². The SMILES string of the molecule is CCOC(=O)c1ccc(S(=O)(=O)N2CCN(C(=O)CNc3ccccc3[N+](=O)[O-])CC2)o1. The number of para-hydroxylation sites is 2. The van der Waals surface area contributed by atoms with E-state index >= 15 is 0 Å². The number of nitro groups is 1. The minimum atomic E-state index is -3.98. The first-order chi connectivity index (χ1) is 15.2. The minimum absolute atomic E-state index is 0.0367. The summed E-state index contributed by atoms with van der Waals surface area (Å²) in [6, 6.07) is 8.40. The molecule has 172 valence electrons. The van der Waals surface area contributed by atoms with E-state index in [1.54, 1.807) is 13.0 Å². The molecule has 3 rings (SSSR count). The summed E-state index contributed by atoms with van der Waals surface area (Å²) in [5.41, 5.74) is 0.0825. The van der Waals surface area contributed by atoms with Gasteiger partial charge >= 0.3 is 5.97 Å². The molecule has 1 amide bonds. The third kappa shape index (κ3) is 5.06. The molecular formula is C19H22N4O8S. The van der Waals surface area contributed by atoms with Gasteiger partial charge in [0.2, 0.25) is 16.8 Å². The van der Waals surface area contributed by atoms with Crippen LogP contribution in [0.2, 0.25) is 0 Å². The van der Waals surface area contributed by atoms with E-state index in [0.717, 1.165) is 0 Å². The van der Waals surface area contributed by atoms with Crippen LogP contribution in [0.4, 0.5) is 11.4 Å². The third-order valence-corrected chi connectivity index (χ3v) is 6.55. The number of nitrogens with zero attached hydrogens (tertiary/aromatic N) is 3. The van der Waals surface area contributed by atoms with Gasteiger partial charge in [-0.2, -0.15) is 4.31 Å². The molecule has 1 aliphatic rings. The second kappa shape index (κ2) is 9.78. The highest BCUT2D eigenvalue weighted by atomic mass is 32.2. The molecule has 12 nitrogen and oxygen atoms in total. The lowest BCUT2D eigenvalue weighted by Gasteiger charge is -2.33. The molecule has 1 aliphatic heterocycles. The zero-order valence-electron chi connectivity index (χ0n) is 17.2. The fourth-order valence-electron chi connectivity index (χ4n) is 3.14. The van der Waals surface area contributed by atoms with E-state index < -0.39 is 20.9 Å². The van der Waals surface area contributed by atoms with Gasteiger partial charge in [-0.05, 0) is 25.1 Å². The van der Waals surface area contributed by atoms with Gasteiger partial charge in [0.1, 0.15) is 5.69 Å². The first-order valence-electron chi connectivity index (χ1n) is 9.76. The normalized spacial score (nSPS) is 14.7. The highest BCUT2D eigenvalue weighted by Gasteiger charge is 2.33. The molecule has 0 saturated carbocycles. The largest absolute Gasteiger partial charge is 0.460 e. The summed E-state index contributed by atoms with van der Waals surface area (Å²) < 4.78 is 36.7. The van der Waals surface area contributed by atoms with Gasteiger partial charge in [0.05, 0.1) is 18.1 Å². The number of hydrogen-bond donors (Lipinski definition) is 1. The maximum atomic E-state index is 12.8. The monoisotopic (exact) mass is 466 g/mol. The average molecular weight is 466 g/mol. The summed E-state index contributed by atoms with van der Waals surface area (Å²) in [6.07, 6.45) is 0. The average Bonchev–Trinajstić information content (AvgIpc) is 3.29. The number of amides is 1. The van der Waals surface area contributed by atoms with Gasteiger partial charge in [-0.15, -0.1) is 0 Å². The van der Waals surface area contributed by atoms with Crippen LogP contribution in [-0.2, 0) is 19.6 Å². The molecular weight excluding hydrogens is 444 g/mol. The summed E-state index contributed by atoms with van der Waals surface area (Å²) in [5.74, 6) is -1.28. The van der Waals surface area contributed by atoms with Crippen molar-refractivity contribution in [1.29, 1.82) is 0 Å².